The van der Waals surface area contributed by atoms with Crippen molar-refractivity contribution in [3.63, 3.8) is 0 Å². The van der Waals surface area contributed by atoms with Crippen molar-refractivity contribution in [1.82, 2.24) is 4.90 Å². The lowest BCUT2D eigenvalue weighted by Crippen LogP contribution is -2.30. The van der Waals surface area contributed by atoms with Crippen molar-refractivity contribution in [3.8, 4) is 0 Å². The van der Waals surface area contributed by atoms with Crippen molar-refractivity contribution in [1.29, 1.82) is 0 Å². The minimum Gasteiger partial charge on any atom is -0.373 e. The van der Waals surface area contributed by atoms with Crippen molar-refractivity contribution in [3.05, 3.63) is 33.9 Å². The van der Waals surface area contributed by atoms with Crippen LogP contribution in [0.5, 0.6) is 0 Å². The van der Waals surface area contributed by atoms with E-state index in [2.05, 4.69) is 0 Å². The number of non-ortho nitro benzene ring substituents is 1. The van der Waals surface area contributed by atoms with Gasteiger partial charge >= 0.3 is 6.18 Å². The van der Waals surface area contributed by atoms with Crippen LogP contribution in [0.15, 0.2) is 18.2 Å². The molecule has 0 radical (unpaired) electrons. The van der Waals surface area contributed by atoms with Gasteiger partial charge in [-0.15, -0.1) is 0 Å². The molecule has 0 aliphatic carbocycles. The minimum absolute atomic E-state index is 0.0649. The van der Waals surface area contributed by atoms with Crippen molar-refractivity contribution >= 4 is 11.4 Å². The Bertz CT molecular complexity index is 489. The number of anilines is 1. The molecule has 0 aromatic heterocycles. The fourth-order valence-corrected chi connectivity index (χ4v) is 1.67. The van der Waals surface area contributed by atoms with Crippen molar-refractivity contribution in [2.24, 2.45) is 0 Å². The number of nitrogens with zero attached hydrogens (tertiary/aromatic N) is 3. The van der Waals surface area contributed by atoms with Crippen molar-refractivity contribution in [2.75, 3.05) is 39.1 Å². The molecule has 5 nitrogen and oxygen atoms in total. The molecule has 0 heterocycles. The number of alkyl halides is 3. The fourth-order valence-electron chi connectivity index (χ4n) is 1.67. The average molecular weight is 291 g/mol. The van der Waals surface area contributed by atoms with Crippen molar-refractivity contribution < 1.29 is 18.1 Å². The van der Waals surface area contributed by atoms with E-state index < -0.39 is 22.4 Å². The summed E-state index contributed by atoms with van der Waals surface area (Å²) in [5.74, 6) is 0. The van der Waals surface area contributed by atoms with Gasteiger partial charge < -0.3 is 9.80 Å². The summed E-state index contributed by atoms with van der Waals surface area (Å²) in [5.41, 5.74) is -1.63. The van der Waals surface area contributed by atoms with E-state index in [4.69, 9.17) is 0 Å². The summed E-state index contributed by atoms with van der Waals surface area (Å²) in [5, 5.41) is 10.6. The summed E-state index contributed by atoms with van der Waals surface area (Å²) < 4.78 is 39.0. The molecule has 1 rings (SSSR count). The molecule has 0 atom stereocenters. The number of benzene rings is 1. The van der Waals surface area contributed by atoms with Crippen LogP contribution in [0.1, 0.15) is 5.56 Å². The fraction of sp³-hybridized carbons (Fsp3) is 0.500. The second-order valence-corrected chi connectivity index (χ2v) is 4.68. The lowest BCUT2D eigenvalue weighted by molar-refractivity contribution is -0.385. The Morgan fingerprint density at radius 3 is 2.25 bits per heavy atom. The molecule has 0 aliphatic rings. The zero-order valence-corrected chi connectivity index (χ0v) is 11.4. The first-order valence-electron chi connectivity index (χ1n) is 5.84. The molecule has 0 spiro atoms. The van der Waals surface area contributed by atoms with Crippen molar-refractivity contribution in [2.45, 2.75) is 6.18 Å². The van der Waals surface area contributed by atoms with Gasteiger partial charge in [-0.05, 0) is 20.2 Å². The highest BCUT2D eigenvalue weighted by molar-refractivity contribution is 5.58. The van der Waals surface area contributed by atoms with Gasteiger partial charge in [0.05, 0.1) is 10.5 Å². The quantitative estimate of drug-likeness (QED) is 0.618. The molecule has 8 heteroatoms. The Kier molecular flexibility index (Phi) is 4.93. The van der Waals surface area contributed by atoms with Gasteiger partial charge in [-0.25, -0.2) is 0 Å². The summed E-state index contributed by atoms with van der Waals surface area (Å²) in [6, 6.07) is 2.79. The predicted octanol–water partition coefficient (Wildman–Crippen LogP) is 2.61. The first kappa shape index (κ1) is 16.2. The van der Waals surface area contributed by atoms with Gasteiger partial charge in [-0.3, -0.25) is 10.1 Å². The number of halogens is 3. The van der Waals surface area contributed by atoms with E-state index in [1.54, 1.807) is 0 Å². The molecule has 1 aromatic rings. The number of nitro benzene ring substituents is 1. The Morgan fingerprint density at radius 1 is 1.20 bits per heavy atom. The molecule has 1 aromatic carbocycles. The van der Waals surface area contributed by atoms with Gasteiger partial charge in [-0.1, -0.05) is 0 Å². The second-order valence-electron chi connectivity index (χ2n) is 4.68. The molecule has 0 unspecified atom stereocenters. The van der Waals surface area contributed by atoms with Gasteiger partial charge in [0.2, 0.25) is 0 Å². The third-order valence-corrected chi connectivity index (χ3v) is 2.79. The zero-order chi connectivity index (χ0) is 15.5. The first-order valence-corrected chi connectivity index (χ1v) is 5.84. The average Bonchev–Trinajstić information content (AvgIpc) is 2.34. The molecule has 0 bridgehead atoms. The minimum atomic E-state index is -4.63. The summed E-state index contributed by atoms with van der Waals surface area (Å²) in [7, 11) is 5.16. The maximum atomic E-state index is 13.0. The highest BCUT2D eigenvalue weighted by Crippen LogP contribution is 2.38. The molecule has 0 fully saturated rings. The van der Waals surface area contributed by atoms with Gasteiger partial charge in [0.1, 0.15) is 0 Å². The molecule has 0 saturated carbocycles. The molecular formula is C12H16F3N3O2. The Balaban J connectivity index is 3.15. The zero-order valence-electron chi connectivity index (χ0n) is 11.4. The van der Waals surface area contributed by atoms with Crippen LogP contribution in [0.25, 0.3) is 0 Å². The van der Waals surface area contributed by atoms with Gasteiger partial charge in [0, 0.05) is 38.0 Å². The molecule has 0 N–H and O–H groups in total. The number of hydrogen-bond acceptors (Lipinski definition) is 4. The lowest BCUT2D eigenvalue weighted by Gasteiger charge is -2.24. The summed E-state index contributed by atoms with van der Waals surface area (Å²) in [4.78, 5) is 13.0. The number of hydrogen-bond donors (Lipinski definition) is 0. The van der Waals surface area contributed by atoms with E-state index in [0.29, 0.717) is 19.2 Å². The lowest BCUT2D eigenvalue weighted by atomic mass is 10.1. The van der Waals surface area contributed by atoms with E-state index in [1.165, 1.54) is 11.9 Å². The normalized spacial score (nSPS) is 11.8. The monoisotopic (exact) mass is 291 g/mol. The number of nitro groups is 1. The molecular weight excluding hydrogens is 275 g/mol. The Labute approximate surface area is 114 Å². The van der Waals surface area contributed by atoms with E-state index in [1.807, 2.05) is 19.0 Å². The largest absolute Gasteiger partial charge is 0.418 e. The van der Waals surface area contributed by atoms with Crippen LogP contribution in [0.3, 0.4) is 0 Å². The molecule has 112 valence electrons. The van der Waals surface area contributed by atoms with E-state index in [0.717, 1.165) is 12.1 Å². The Morgan fingerprint density at radius 2 is 1.80 bits per heavy atom. The van der Waals surface area contributed by atoms with Gasteiger partial charge in [-0.2, -0.15) is 13.2 Å². The summed E-state index contributed by atoms with van der Waals surface area (Å²) >= 11 is 0. The van der Waals surface area contributed by atoms with Crippen LogP contribution in [0, 0.1) is 10.1 Å². The van der Waals surface area contributed by atoms with E-state index >= 15 is 0 Å². The maximum Gasteiger partial charge on any atom is 0.418 e. The SMILES string of the molecule is CN(C)CCN(C)c1ccc([N+](=O)[O-])cc1C(F)(F)F. The molecule has 0 amide bonds. The topological polar surface area (TPSA) is 49.6 Å². The highest BCUT2D eigenvalue weighted by Gasteiger charge is 2.36. The molecule has 0 aliphatic heterocycles. The van der Waals surface area contributed by atoms with Crippen LogP contribution < -0.4 is 4.90 Å². The summed E-state index contributed by atoms with van der Waals surface area (Å²) in [6.45, 7) is 0.957. The third-order valence-electron chi connectivity index (χ3n) is 2.79. The Hall–Kier alpha value is -1.83. The van der Waals surface area contributed by atoms with Crippen LogP contribution in [0.2, 0.25) is 0 Å². The maximum absolute atomic E-state index is 13.0. The van der Waals surface area contributed by atoms with Crippen LogP contribution in [0.4, 0.5) is 24.5 Å². The number of rotatable bonds is 5. The predicted molar refractivity (Wildman–Crippen MR) is 69.9 cm³/mol. The molecule has 20 heavy (non-hydrogen) atoms. The third kappa shape index (κ3) is 4.09. The smallest absolute Gasteiger partial charge is 0.373 e. The van der Waals surface area contributed by atoms with E-state index in [9.17, 15) is 23.3 Å². The molecule has 0 saturated heterocycles. The van der Waals surface area contributed by atoms with Gasteiger partial charge in [0.15, 0.2) is 0 Å². The summed E-state index contributed by atoms with van der Waals surface area (Å²) in [6.07, 6.45) is -4.63. The van der Waals surface area contributed by atoms with Gasteiger partial charge in [0.25, 0.3) is 5.69 Å². The number of likely N-dealkylation sites (N-methyl/N-ethyl adjacent to an activating group) is 2. The first-order chi connectivity index (χ1) is 9.12. The van der Waals surface area contributed by atoms with Crippen LogP contribution in [-0.2, 0) is 6.18 Å². The second kappa shape index (κ2) is 6.08. The standard InChI is InChI=1S/C12H16F3N3O2/c1-16(2)6-7-17(3)11-5-4-9(18(19)20)8-10(11)12(13,14)15/h4-5,8H,6-7H2,1-3H3. The van der Waals surface area contributed by atoms with Crippen LogP contribution >= 0.6 is 0 Å². The van der Waals surface area contributed by atoms with E-state index in [-0.39, 0.29) is 5.69 Å². The van der Waals surface area contributed by atoms with Crippen LogP contribution in [-0.4, -0.2) is 44.1 Å². The highest BCUT2D eigenvalue weighted by atomic mass is 19.4.